The summed E-state index contributed by atoms with van der Waals surface area (Å²) < 4.78 is 6.54. The summed E-state index contributed by atoms with van der Waals surface area (Å²) in [5.74, 6) is 0.477. The van der Waals surface area contributed by atoms with Crippen molar-refractivity contribution in [2.75, 3.05) is 19.6 Å². The second-order valence-corrected chi connectivity index (χ2v) is 6.17. The Morgan fingerprint density at radius 1 is 1.20 bits per heavy atom. The molecular weight excluding hydrogens is 324 g/mol. The Labute approximate surface area is 144 Å². The molecule has 3 heterocycles. The zero-order chi connectivity index (χ0) is 17.6. The number of nitrogens with zero attached hydrogens (tertiary/aromatic N) is 2. The number of aromatic nitrogens is 2. The van der Waals surface area contributed by atoms with Crippen LogP contribution in [0, 0.1) is 0 Å². The Morgan fingerprint density at radius 3 is 2.72 bits per heavy atom. The number of nitrogens with one attached hydrogen (secondary N) is 2. The molecule has 134 valence electrons. The molecule has 2 aromatic heterocycles. The van der Waals surface area contributed by atoms with Crippen LogP contribution >= 0.6 is 0 Å². The van der Waals surface area contributed by atoms with Gasteiger partial charge in [-0.25, -0.2) is 4.68 Å². The summed E-state index contributed by atoms with van der Waals surface area (Å²) >= 11 is 0. The molecule has 2 aromatic rings. The molecule has 0 bridgehead atoms. The summed E-state index contributed by atoms with van der Waals surface area (Å²) in [5.41, 5.74) is -0.845. The smallest absolute Gasteiger partial charge is 0.265 e. The first kappa shape index (κ1) is 17.2. The lowest BCUT2D eigenvalue weighted by atomic mass is 10.1. The normalized spacial score (nSPS) is 16.5. The van der Waals surface area contributed by atoms with Gasteiger partial charge in [0.05, 0.1) is 12.3 Å². The summed E-state index contributed by atoms with van der Waals surface area (Å²) in [7, 11) is 0. The maximum absolute atomic E-state index is 12.2. The molecule has 3 rings (SSSR count). The van der Waals surface area contributed by atoms with E-state index in [0.29, 0.717) is 6.54 Å². The monoisotopic (exact) mass is 346 g/mol. The van der Waals surface area contributed by atoms with E-state index < -0.39 is 11.1 Å². The SMILES string of the molecule is O=C(Cn1[nH]c(=O)ccc1=O)NCC(c1ccco1)N1CCCCC1. The average Bonchev–Trinajstić information content (AvgIpc) is 3.14. The molecule has 0 radical (unpaired) electrons. The predicted molar refractivity (Wildman–Crippen MR) is 91.2 cm³/mol. The van der Waals surface area contributed by atoms with Gasteiger partial charge in [0.15, 0.2) is 0 Å². The third-order valence-corrected chi connectivity index (χ3v) is 4.39. The van der Waals surface area contributed by atoms with Crippen molar-refractivity contribution < 1.29 is 9.21 Å². The number of H-pyrrole nitrogens is 1. The average molecular weight is 346 g/mol. The first-order valence-electron chi connectivity index (χ1n) is 8.48. The Balaban J connectivity index is 1.64. The number of hydrogen-bond donors (Lipinski definition) is 2. The van der Waals surface area contributed by atoms with Crippen LogP contribution in [0.25, 0.3) is 0 Å². The van der Waals surface area contributed by atoms with E-state index in [0.717, 1.165) is 48.5 Å². The molecule has 0 saturated carbocycles. The number of carbonyl (C=O) groups is 1. The molecule has 25 heavy (non-hydrogen) atoms. The first-order chi connectivity index (χ1) is 12.1. The predicted octanol–water partition coefficient (Wildman–Crippen LogP) is 0.473. The van der Waals surface area contributed by atoms with Crippen molar-refractivity contribution >= 4 is 5.91 Å². The molecule has 1 saturated heterocycles. The fourth-order valence-electron chi connectivity index (χ4n) is 3.11. The van der Waals surface area contributed by atoms with Crippen molar-refractivity contribution in [3.63, 3.8) is 0 Å². The van der Waals surface area contributed by atoms with E-state index in [1.165, 1.54) is 6.42 Å². The highest BCUT2D eigenvalue weighted by Gasteiger charge is 2.24. The molecule has 8 heteroatoms. The van der Waals surface area contributed by atoms with Crippen LogP contribution in [0.4, 0.5) is 0 Å². The zero-order valence-electron chi connectivity index (χ0n) is 13.9. The molecule has 1 amide bonds. The van der Waals surface area contributed by atoms with Crippen molar-refractivity contribution in [3.8, 4) is 0 Å². The van der Waals surface area contributed by atoms with Gasteiger partial charge in [0.1, 0.15) is 12.3 Å². The first-order valence-corrected chi connectivity index (χ1v) is 8.48. The number of likely N-dealkylation sites (tertiary alicyclic amines) is 1. The van der Waals surface area contributed by atoms with Crippen LogP contribution in [0.2, 0.25) is 0 Å². The minimum Gasteiger partial charge on any atom is -0.468 e. The van der Waals surface area contributed by atoms with Crippen molar-refractivity contribution in [1.82, 2.24) is 20.0 Å². The van der Waals surface area contributed by atoms with E-state index in [4.69, 9.17) is 4.42 Å². The summed E-state index contributed by atoms with van der Waals surface area (Å²) in [6, 6.07) is 5.99. The van der Waals surface area contributed by atoms with Gasteiger partial charge in [0.25, 0.3) is 11.1 Å². The third-order valence-electron chi connectivity index (χ3n) is 4.39. The van der Waals surface area contributed by atoms with Crippen LogP contribution in [-0.4, -0.2) is 40.2 Å². The number of rotatable bonds is 6. The molecule has 0 aromatic carbocycles. The minimum absolute atomic E-state index is 0.0363. The Bertz CT molecular complexity index is 803. The number of amides is 1. The molecular formula is C17H22N4O4. The van der Waals surface area contributed by atoms with Crippen molar-refractivity contribution in [2.24, 2.45) is 0 Å². The quantitative estimate of drug-likeness (QED) is 0.792. The van der Waals surface area contributed by atoms with Crippen LogP contribution in [-0.2, 0) is 11.3 Å². The minimum atomic E-state index is -0.423. The Hall–Kier alpha value is -2.61. The van der Waals surface area contributed by atoms with Crippen LogP contribution in [0.1, 0.15) is 31.1 Å². The summed E-state index contributed by atoms with van der Waals surface area (Å²) in [5, 5.41) is 5.19. The highest BCUT2D eigenvalue weighted by Crippen LogP contribution is 2.24. The second-order valence-electron chi connectivity index (χ2n) is 6.17. The molecule has 1 unspecified atom stereocenters. The fraction of sp³-hybridized carbons (Fsp3) is 0.471. The number of carbonyl (C=O) groups excluding carboxylic acids is 1. The van der Waals surface area contributed by atoms with Gasteiger partial charge in [-0.15, -0.1) is 0 Å². The van der Waals surface area contributed by atoms with Crippen molar-refractivity contribution in [3.05, 3.63) is 57.0 Å². The van der Waals surface area contributed by atoms with Gasteiger partial charge in [0.2, 0.25) is 5.91 Å². The van der Waals surface area contributed by atoms with Crippen LogP contribution < -0.4 is 16.4 Å². The van der Waals surface area contributed by atoms with Crippen molar-refractivity contribution in [2.45, 2.75) is 31.8 Å². The Kier molecular flexibility index (Phi) is 5.49. The number of aromatic amines is 1. The van der Waals surface area contributed by atoms with E-state index in [1.54, 1.807) is 6.26 Å². The van der Waals surface area contributed by atoms with Crippen LogP contribution in [0.15, 0.2) is 44.5 Å². The van der Waals surface area contributed by atoms with E-state index in [9.17, 15) is 14.4 Å². The molecule has 2 N–H and O–H groups in total. The maximum Gasteiger partial charge on any atom is 0.265 e. The lowest BCUT2D eigenvalue weighted by molar-refractivity contribution is -0.122. The zero-order valence-corrected chi connectivity index (χ0v) is 13.9. The van der Waals surface area contributed by atoms with Gasteiger partial charge in [-0.05, 0) is 38.1 Å². The van der Waals surface area contributed by atoms with Gasteiger partial charge in [0, 0.05) is 18.7 Å². The van der Waals surface area contributed by atoms with E-state index in [1.807, 2.05) is 12.1 Å². The van der Waals surface area contributed by atoms with Crippen LogP contribution in [0.3, 0.4) is 0 Å². The molecule has 1 aliphatic heterocycles. The topological polar surface area (TPSA) is 100 Å². The van der Waals surface area contributed by atoms with E-state index in [2.05, 4.69) is 15.3 Å². The molecule has 8 nitrogen and oxygen atoms in total. The second kappa shape index (κ2) is 7.98. The van der Waals surface area contributed by atoms with Gasteiger partial charge in [-0.3, -0.25) is 24.4 Å². The van der Waals surface area contributed by atoms with Gasteiger partial charge in [-0.1, -0.05) is 6.42 Å². The van der Waals surface area contributed by atoms with Crippen LogP contribution in [0.5, 0.6) is 0 Å². The van der Waals surface area contributed by atoms with Gasteiger partial charge in [-0.2, -0.15) is 0 Å². The Morgan fingerprint density at radius 2 is 2.00 bits per heavy atom. The number of hydrogen-bond acceptors (Lipinski definition) is 5. The molecule has 1 aliphatic rings. The van der Waals surface area contributed by atoms with E-state index >= 15 is 0 Å². The highest BCUT2D eigenvalue weighted by molar-refractivity contribution is 5.75. The summed E-state index contributed by atoms with van der Waals surface area (Å²) in [6.07, 6.45) is 5.11. The third kappa shape index (κ3) is 4.48. The van der Waals surface area contributed by atoms with Gasteiger partial charge >= 0.3 is 0 Å². The highest BCUT2D eigenvalue weighted by atomic mass is 16.3. The lowest BCUT2D eigenvalue weighted by Crippen LogP contribution is -2.42. The summed E-state index contributed by atoms with van der Waals surface area (Å²) in [6.45, 7) is 2.09. The lowest BCUT2D eigenvalue weighted by Gasteiger charge is -2.33. The molecule has 1 fully saturated rings. The molecule has 0 spiro atoms. The largest absolute Gasteiger partial charge is 0.468 e. The fourth-order valence-corrected chi connectivity index (χ4v) is 3.11. The number of furan rings is 1. The van der Waals surface area contributed by atoms with E-state index in [-0.39, 0.29) is 18.5 Å². The molecule has 0 aliphatic carbocycles. The summed E-state index contributed by atoms with van der Waals surface area (Å²) in [4.78, 5) is 37.5. The van der Waals surface area contributed by atoms with Crippen molar-refractivity contribution in [1.29, 1.82) is 0 Å². The van der Waals surface area contributed by atoms with Gasteiger partial charge < -0.3 is 9.73 Å². The maximum atomic E-state index is 12.2. The number of piperidine rings is 1. The molecule has 1 atom stereocenters. The standard InChI is InChI=1S/C17H22N4O4/c22-15-6-7-17(24)21(19-15)12-16(23)18-11-13(14-5-4-10-25-14)20-8-2-1-3-9-20/h4-7,10,13H,1-3,8-9,11-12H2,(H,18,23)(H,19,22).